The predicted octanol–water partition coefficient (Wildman–Crippen LogP) is 4.52. The predicted molar refractivity (Wildman–Crippen MR) is 91.4 cm³/mol. The molecule has 3 aromatic carbocycles. The van der Waals surface area contributed by atoms with Crippen molar-refractivity contribution in [3.63, 3.8) is 0 Å². The van der Waals surface area contributed by atoms with Crippen LogP contribution in [0.15, 0.2) is 66.6 Å². The fraction of sp³-hybridized carbons (Fsp3) is 0.150. The molecule has 0 aliphatic carbocycles. The molecule has 0 aromatic heterocycles. The van der Waals surface area contributed by atoms with Crippen molar-refractivity contribution in [3.05, 3.63) is 66.6 Å². The Morgan fingerprint density at radius 2 is 1.67 bits per heavy atom. The maximum atomic E-state index is 12.2. The van der Waals surface area contributed by atoms with Gasteiger partial charge in [0, 0.05) is 13.8 Å². The zero-order valence-electron chi connectivity index (χ0n) is 13.4. The molecule has 1 aliphatic heterocycles. The van der Waals surface area contributed by atoms with Crippen molar-refractivity contribution in [1.82, 2.24) is 0 Å². The molecule has 4 nitrogen and oxygen atoms in total. The van der Waals surface area contributed by atoms with Crippen LogP contribution in [0.1, 0.15) is 13.8 Å². The van der Waals surface area contributed by atoms with Gasteiger partial charge in [-0.25, -0.2) is 4.79 Å². The van der Waals surface area contributed by atoms with E-state index in [0.29, 0.717) is 5.75 Å². The molecule has 0 N–H and O–H groups in total. The molecule has 0 unspecified atom stereocenters. The summed E-state index contributed by atoms with van der Waals surface area (Å²) in [5.74, 6) is -0.871. The molecule has 0 spiro atoms. The van der Waals surface area contributed by atoms with Crippen molar-refractivity contribution in [3.8, 4) is 5.75 Å². The van der Waals surface area contributed by atoms with Crippen LogP contribution in [0.2, 0.25) is 0 Å². The van der Waals surface area contributed by atoms with Gasteiger partial charge in [-0.2, -0.15) is 0 Å². The molecule has 24 heavy (non-hydrogen) atoms. The summed E-state index contributed by atoms with van der Waals surface area (Å²) in [5.41, 5.74) is 0. The molecule has 120 valence electrons. The summed E-state index contributed by atoms with van der Waals surface area (Å²) in [6, 6.07) is 17.8. The van der Waals surface area contributed by atoms with Crippen LogP contribution in [-0.2, 0) is 14.3 Å². The van der Waals surface area contributed by atoms with Crippen LogP contribution in [-0.4, -0.2) is 11.8 Å². The number of esters is 1. The molecule has 0 bridgehead atoms. The number of carbonyl (C=O) groups excluding carboxylic acids is 1. The molecule has 3 aromatic rings. The van der Waals surface area contributed by atoms with Crippen molar-refractivity contribution < 1.29 is 19.0 Å². The highest BCUT2D eigenvalue weighted by Gasteiger charge is 2.32. The molecule has 0 amide bonds. The Morgan fingerprint density at radius 1 is 0.958 bits per heavy atom. The zero-order valence-corrected chi connectivity index (χ0v) is 13.4. The van der Waals surface area contributed by atoms with Crippen molar-refractivity contribution >= 4 is 27.5 Å². The molecule has 0 saturated carbocycles. The Labute approximate surface area is 139 Å². The first-order chi connectivity index (χ1) is 11.5. The van der Waals surface area contributed by atoms with Gasteiger partial charge in [0.1, 0.15) is 12.0 Å². The van der Waals surface area contributed by atoms with Crippen molar-refractivity contribution in [2.75, 3.05) is 0 Å². The highest BCUT2D eigenvalue weighted by molar-refractivity contribution is 6.08. The van der Waals surface area contributed by atoms with E-state index < -0.39 is 11.8 Å². The van der Waals surface area contributed by atoms with Gasteiger partial charge in [-0.1, -0.05) is 42.5 Å². The average Bonchev–Trinajstić information content (AvgIpc) is 2.95. The van der Waals surface area contributed by atoms with Crippen molar-refractivity contribution in [2.24, 2.45) is 0 Å². The molecule has 0 radical (unpaired) electrons. The van der Waals surface area contributed by atoms with Crippen molar-refractivity contribution in [1.29, 1.82) is 0 Å². The third-order valence-electron chi connectivity index (χ3n) is 3.94. The van der Waals surface area contributed by atoms with E-state index in [2.05, 4.69) is 24.3 Å². The first kappa shape index (κ1) is 14.6. The molecular formula is C20H16O4. The summed E-state index contributed by atoms with van der Waals surface area (Å²) < 4.78 is 16.1. The number of hydrogen-bond acceptors (Lipinski definition) is 4. The van der Waals surface area contributed by atoms with Crippen LogP contribution in [0, 0.1) is 0 Å². The number of rotatable bonds is 2. The Morgan fingerprint density at radius 3 is 2.42 bits per heavy atom. The number of benzene rings is 3. The largest absolute Gasteiger partial charge is 0.456 e. The van der Waals surface area contributed by atoms with Crippen LogP contribution in [0.5, 0.6) is 5.75 Å². The van der Waals surface area contributed by atoms with E-state index in [9.17, 15) is 4.79 Å². The lowest BCUT2D eigenvalue weighted by molar-refractivity contribution is -0.146. The lowest BCUT2D eigenvalue weighted by Crippen LogP contribution is -2.23. The third kappa shape index (κ3) is 2.56. The second-order valence-electron chi connectivity index (χ2n) is 6.16. The molecule has 1 heterocycles. The Kier molecular flexibility index (Phi) is 3.20. The zero-order chi connectivity index (χ0) is 16.7. The quantitative estimate of drug-likeness (QED) is 0.395. The Hall–Kier alpha value is -3.01. The van der Waals surface area contributed by atoms with Crippen LogP contribution < -0.4 is 4.74 Å². The number of carbonyl (C=O) groups is 1. The van der Waals surface area contributed by atoms with Gasteiger partial charge in [0.2, 0.25) is 11.5 Å². The van der Waals surface area contributed by atoms with Gasteiger partial charge in [-0.3, -0.25) is 0 Å². The standard InChI is InChI=1S/C20H16O4/c1-20(2)22-12-18(24-20)19(21)23-15-10-9-14-8-7-13-5-3-4-6-16(13)17(14)11-15/h3-12H,1-2H3. The van der Waals surface area contributed by atoms with E-state index in [1.807, 2.05) is 24.3 Å². The summed E-state index contributed by atoms with van der Waals surface area (Å²) in [6.45, 7) is 3.46. The normalized spacial score (nSPS) is 15.7. The van der Waals surface area contributed by atoms with Gasteiger partial charge in [0.25, 0.3) is 0 Å². The van der Waals surface area contributed by atoms with Gasteiger partial charge in [-0.05, 0) is 33.7 Å². The van der Waals surface area contributed by atoms with Gasteiger partial charge in [0.05, 0.1) is 0 Å². The maximum absolute atomic E-state index is 12.2. The highest BCUT2D eigenvalue weighted by atomic mass is 16.7. The lowest BCUT2D eigenvalue weighted by Gasteiger charge is -2.17. The van der Waals surface area contributed by atoms with Crippen LogP contribution in [0.25, 0.3) is 21.5 Å². The van der Waals surface area contributed by atoms with Gasteiger partial charge >= 0.3 is 5.97 Å². The number of hydrogen-bond donors (Lipinski definition) is 0. The maximum Gasteiger partial charge on any atom is 0.382 e. The Bertz CT molecular complexity index is 985. The minimum absolute atomic E-state index is 0.0676. The van der Waals surface area contributed by atoms with E-state index >= 15 is 0 Å². The number of fused-ring (bicyclic) bond motifs is 3. The minimum Gasteiger partial charge on any atom is -0.456 e. The van der Waals surface area contributed by atoms with Crippen molar-refractivity contribution in [2.45, 2.75) is 19.6 Å². The second kappa shape index (κ2) is 5.27. The topological polar surface area (TPSA) is 44.8 Å². The monoisotopic (exact) mass is 320 g/mol. The van der Waals surface area contributed by atoms with Crippen LogP contribution in [0.3, 0.4) is 0 Å². The molecule has 0 fully saturated rings. The van der Waals surface area contributed by atoms with Crippen LogP contribution >= 0.6 is 0 Å². The molecule has 4 heteroatoms. The van der Waals surface area contributed by atoms with Crippen LogP contribution in [0.4, 0.5) is 0 Å². The minimum atomic E-state index is -0.839. The Balaban J connectivity index is 1.68. The van der Waals surface area contributed by atoms with Gasteiger partial charge < -0.3 is 14.2 Å². The van der Waals surface area contributed by atoms with Gasteiger partial charge in [-0.15, -0.1) is 0 Å². The first-order valence-electron chi connectivity index (χ1n) is 7.73. The third-order valence-corrected chi connectivity index (χ3v) is 3.94. The SMILES string of the molecule is CC1(C)OC=C(C(=O)Oc2ccc3ccc4ccccc4c3c2)O1. The summed E-state index contributed by atoms with van der Waals surface area (Å²) in [5, 5.41) is 4.39. The van der Waals surface area contributed by atoms with E-state index in [-0.39, 0.29) is 5.76 Å². The molecule has 1 aliphatic rings. The highest BCUT2D eigenvalue weighted by Crippen LogP contribution is 2.30. The summed E-state index contributed by atoms with van der Waals surface area (Å²) >= 11 is 0. The molecular weight excluding hydrogens is 304 g/mol. The molecule has 4 rings (SSSR count). The smallest absolute Gasteiger partial charge is 0.382 e. The first-order valence-corrected chi connectivity index (χ1v) is 7.73. The van der Waals surface area contributed by atoms with E-state index in [1.165, 1.54) is 6.26 Å². The second-order valence-corrected chi connectivity index (χ2v) is 6.16. The van der Waals surface area contributed by atoms with Gasteiger partial charge in [0.15, 0.2) is 0 Å². The lowest BCUT2D eigenvalue weighted by atomic mass is 10.0. The summed E-state index contributed by atoms with van der Waals surface area (Å²) in [6.07, 6.45) is 1.29. The van der Waals surface area contributed by atoms with E-state index in [1.54, 1.807) is 19.9 Å². The van der Waals surface area contributed by atoms with E-state index in [0.717, 1.165) is 21.5 Å². The average molecular weight is 320 g/mol. The fourth-order valence-electron chi connectivity index (χ4n) is 2.80. The summed E-state index contributed by atoms with van der Waals surface area (Å²) in [7, 11) is 0. The summed E-state index contributed by atoms with van der Waals surface area (Å²) in [4.78, 5) is 12.2. The van der Waals surface area contributed by atoms with E-state index in [4.69, 9.17) is 14.2 Å². The number of ether oxygens (including phenoxy) is 3. The fourth-order valence-corrected chi connectivity index (χ4v) is 2.80. The molecule has 0 atom stereocenters. The molecule has 0 saturated heterocycles.